The maximum Gasteiger partial charge on any atom is 0.289 e. The molecule has 1 aliphatic rings. The number of ether oxygens (including phenoxy) is 1. The highest BCUT2D eigenvalue weighted by atomic mass is 16.5. The fourth-order valence-electron chi connectivity index (χ4n) is 2.48. The smallest absolute Gasteiger partial charge is 0.289 e. The molecule has 0 bridgehead atoms. The molecule has 1 unspecified atom stereocenters. The molecule has 1 N–H and O–H groups in total. The van der Waals surface area contributed by atoms with Gasteiger partial charge in [0.05, 0.1) is 19.0 Å². The van der Waals surface area contributed by atoms with Crippen LogP contribution in [0.25, 0.3) is 0 Å². The van der Waals surface area contributed by atoms with Gasteiger partial charge in [0.15, 0.2) is 5.76 Å². The van der Waals surface area contributed by atoms with Crippen LogP contribution in [0.3, 0.4) is 0 Å². The van der Waals surface area contributed by atoms with Gasteiger partial charge in [0, 0.05) is 39.3 Å². The zero-order valence-electron chi connectivity index (χ0n) is 13.4. The number of piperazine rings is 1. The molecule has 1 aromatic heterocycles. The average molecular weight is 310 g/mol. The molecule has 1 atom stereocenters. The zero-order valence-corrected chi connectivity index (χ0v) is 13.4. The highest BCUT2D eigenvalue weighted by Gasteiger charge is 2.24. The Balaban J connectivity index is 1.67. The van der Waals surface area contributed by atoms with Gasteiger partial charge in [0.2, 0.25) is 0 Å². The summed E-state index contributed by atoms with van der Waals surface area (Å²) in [7, 11) is 0. The van der Waals surface area contributed by atoms with E-state index in [0.29, 0.717) is 44.5 Å². The number of carbonyl (C=O) groups is 1. The average Bonchev–Trinajstić information content (AvgIpc) is 3.01. The third kappa shape index (κ3) is 5.12. The third-order valence-electron chi connectivity index (χ3n) is 3.62. The molecule has 22 heavy (non-hydrogen) atoms. The second-order valence-corrected chi connectivity index (χ2v) is 6.16. The van der Waals surface area contributed by atoms with E-state index < -0.39 is 6.10 Å². The van der Waals surface area contributed by atoms with Crippen molar-refractivity contribution in [3.8, 4) is 0 Å². The fraction of sp³-hybridized carbons (Fsp3) is 0.688. The largest absolute Gasteiger partial charge is 0.459 e. The first-order valence-corrected chi connectivity index (χ1v) is 7.87. The Bertz CT molecular complexity index is 439. The van der Waals surface area contributed by atoms with Gasteiger partial charge < -0.3 is 19.2 Å². The normalized spacial score (nSPS) is 17.9. The van der Waals surface area contributed by atoms with Crippen LogP contribution in [0, 0.1) is 5.92 Å². The van der Waals surface area contributed by atoms with Gasteiger partial charge in [-0.2, -0.15) is 0 Å². The van der Waals surface area contributed by atoms with Crippen LogP contribution in [0.1, 0.15) is 24.4 Å². The Morgan fingerprint density at radius 2 is 2.05 bits per heavy atom. The van der Waals surface area contributed by atoms with E-state index in [1.54, 1.807) is 17.0 Å². The van der Waals surface area contributed by atoms with E-state index in [0.717, 1.165) is 13.1 Å². The summed E-state index contributed by atoms with van der Waals surface area (Å²) in [5, 5.41) is 9.98. The molecule has 0 radical (unpaired) electrons. The molecule has 1 aromatic rings. The highest BCUT2D eigenvalue weighted by Crippen LogP contribution is 2.09. The van der Waals surface area contributed by atoms with Crippen molar-refractivity contribution in [1.82, 2.24) is 9.80 Å². The lowest BCUT2D eigenvalue weighted by molar-refractivity contribution is 0.000567. The van der Waals surface area contributed by atoms with Crippen LogP contribution in [0.2, 0.25) is 0 Å². The van der Waals surface area contributed by atoms with Crippen molar-refractivity contribution in [1.29, 1.82) is 0 Å². The SMILES string of the molecule is CC(C)COCC(O)CN1CCN(C(=O)c2ccco2)CC1. The van der Waals surface area contributed by atoms with Gasteiger partial charge in [-0.3, -0.25) is 9.69 Å². The Morgan fingerprint density at radius 1 is 1.32 bits per heavy atom. The monoisotopic (exact) mass is 310 g/mol. The standard InChI is InChI=1S/C16H26N2O4/c1-13(2)11-21-12-14(19)10-17-5-7-18(8-6-17)16(20)15-4-3-9-22-15/h3-4,9,13-14,19H,5-8,10-12H2,1-2H3. The number of hydrogen-bond acceptors (Lipinski definition) is 5. The number of carbonyl (C=O) groups excluding carboxylic acids is 1. The van der Waals surface area contributed by atoms with E-state index in [9.17, 15) is 9.90 Å². The number of aliphatic hydroxyl groups is 1. The Labute approximate surface area is 131 Å². The summed E-state index contributed by atoms with van der Waals surface area (Å²) in [5.41, 5.74) is 0. The van der Waals surface area contributed by atoms with Gasteiger partial charge in [-0.05, 0) is 18.1 Å². The van der Waals surface area contributed by atoms with E-state index in [1.165, 1.54) is 6.26 Å². The summed E-state index contributed by atoms with van der Waals surface area (Å²) in [6, 6.07) is 3.40. The summed E-state index contributed by atoms with van der Waals surface area (Å²) in [6.07, 6.45) is 1.03. The lowest BCUT2D eigenvalue weighted by Crippen LogP contribution is -2.50. The molecule has 6 heteroatoms. The van der Waals surface area contributed by atoms with Crippen molar-refractivity contribution >= 4 is 5.91 Å². The van der Waals surface area contributed by atoms with Crippen LogP contribution in [0.15, 0.2) is 22.8 Å². The van der Waals surface area contributed by atoms with Gasteiger partial charge in [-0.15, -0.1) is 0 Å². The minimum atomic E-state index is -0.480. The molecule has 2 heterocycles. The summed E-state index contributed by atoms with van der Waals surface area (Å²) in [5.74, 6) is 0.796. The second kappa shape index (κ2) is 8.31. The molecule has 1 amide bonds. The van der Waals surface area contributed by atoms with Crippen molar-refractivity contribution in [3.63, 3.8) is 0 Å². The lowest BCUT2D eigenvalue weighted by atomic mass is 10.2. The molecule has 6 nitrogen and oxygen atoms in total. The van der Waals surface area contributed by atoms with E-state index in [1.807, 2.05) is 0 Å². The summed E-state index contributed by atoms with van der Waals surface area (Å²) < 4.78 is 10.6. The van der Waals surface area contributed by atoms with Crippen molar-refractivity contribution < 1.29 is 19.1 Å². The minimum Gasteiger partial charge on any atom is -0.459 e. The maximum absolute atomic E-state index is 12.1. The summed E-state index contributed by atoms with van der Waals surface area (Å²) >= 11 is 0. The van der Waals surface area contributed by atoms with Crippen molar-refractivity contribution in [2.45, 2.75) is 20.0 Å². The first-order valence-electron chi connectivity index (χ1n) is 7.87. The number of furan rings is 1. The van der Waals surface area contributed by atoms with Crippen molar-refractivity contribution in [2.75, 3.05) is 45.9 Å². The van der Waals surface area contributed by atoms with Crippen LogP contribution in [-0.4, -0.2) is 72.9 Å². The molecule has 124 valence electrons. The Hall–Kier alpha value is -1.37. The van der Waals surface area contributed by atoms with Crippen LogP contribution < -0.4 is 0 Å². The molecule has 0 spiro atoms. The molecule has 1 saturated heterocycles. The first kappa shape index (κ1) is 17.0. The number of β-amino-alcohol motifs (C(OH)–C–C–N with tert-alkyl or cyclic N) is 1. The highest BCUT2D eigenvalue weighted by molar-refractivity contribution is 5.91. The zero-order chi connectivity index (χ0) is 15.9. The van der Waals surface area contributed by atoms with Gasteiger partial charge >= 0.3 is 0 Å². The van der Waals surface area contributed by atoms with Gasteiger partial charge in [-0.1, -0.05) is 13.8 Å². The molecule has 0 saturated carbocycles. The van der Waals surface area contributed by atoms with Crippen LogP contribution >= 0.6 is 0 Å². The topological polar surface area (TPSA) is 66.2 Å². The molecule has 0 aliphatic carbocycles. The molecule has 1 aliphatic heterocycles. The number of hydrogen-bond donors (Lipinski definition) is 1. The van der Waals surface area contributed by atoms with Gasteiger partial charge in [-0.25, -0.2) is 0 Å². The lowest BCUT2D eigenvalue weighted by Gasteiger charge is -2.35. The number of nitrogens with zero attached hydrogens (tertiary/aromatic N) is 2. The Morgan fingerprint density at radius 3 is 2.64 bits per heavy atom. The quantitative estimate of drug-likeness (QED) is 0.816. The number of aliphatic hydroxyl groups excluding tert-OH is 1. The molecule has 1 fully saturated rings. The molecule has 2 rings (SSSR count). The molecule has 0 aromatic carbocycles. The van der Waals surface area contributed by atoms with Crippen LogP contribution in [0.5, 0.6) is 0 Å². The number of rotatable bonds is 7. The molecular formula is C16H26N2O4. The van der Waals surface area contributed by atoms with Crippen LogP contribution in [-0.2, 0) is 4.74 Å². The first-order chi connectivity index (χ1) is 10.6. The van der Waals surface area contributed by atoms with Crippen molar-refractivity contribution in [2.24, 2.45) is 5.92 Å². The van der Waals surface area contributed by atoms with Gasteiger partial charge in [0.25, 0.3) is 5.91 Å². The maximum atomic E-state index is 12.1. The van der Waals surface area contributed by atoms with Crippen molar-refractivity contribution in [3.05, 3.63) is 24.2 Å². The third-order valence-corrected chi connectivity index (χ3v) is 3.62. The number of amides is 1. The van der Waals surface area contributed by atoms with E-state index >= 15 is 0 Å². The van der Waals surface area contributed by atoms with E-state index in [2.05, 4.69) is 18.7 Å². The fourth-order valence-corrected chi connectivity index (χ4v) is 2.48. The second-order valence-electron chi connectivity index (χ2n) is 6.16. The van der Waals surface area contributed by atoms with E-state index in [-0.39, 0.29) is 5.91 Å². The minimum absolute atomic E-state index is 0.0644. The summed E-state index contributed by atoms with van der Waals surface area (Å²) in [4.78, 5) is 16.1. The predicted molar refractivity (Wildman–Crippen MR) is 82.7 cm³/mol. The van der Waals surface area contributed by atoms with E-state index in [4.69, 9.17) is 9.15 Å². The molecular weight excluding hydrogens is 284 g/mol. The predicted octanol–water partition coefficient (Wildman–Crippen LogP) is 1.07. The van der Waals surface area contributed by atoms with Gasteiger partial charge in [0.1, 0.15) is 0 Å². The Kier molecular flexibility index (Phi) is 6.42. The van der Waals surface area contributed by atoms with Crippen LogP contribution in [0.4, 0.5) is 0 Å². The summed E-state index contributed by atoms with van der Waals surface area (Å²) in [6.45, 7) is 8.61.